The van der Waals surface area contributed by atoms with Gasteiger partial charge >= 0.3 is 6.18 Å². The number of anilines is 1. The Morgan fingerprint density at radius 2 is 1.68 bits per heavy atom. The highest BCUT2D eigenvalue weighted by atomic mass is 35.5. The van der Waals surface area contributed by atoms with Crippen molar-refractivity contribution in [3.8, 4) is 0 Å². The van der Waals surface area contributed by atoms with Gasteiger partial charge in [0.1, 0.15) is 0 Å². The molecule has 9 heteroatoms. The minimum atomic E-state index is -4.56. The lowest BCUT2D eigenvalue weighted by molar-refractivity contribution is -0.137. The highest BCUT2D eigenvalue weighted by Crippen LogP contribution is 2.34. The molecule has 118 valence electrons. The monoisotopic (exact) mass is 369 g/mol. The molecule has 0 heterocycles. The molecule has 1 N–H and O–H groups in total. The van der Waals surface area contributed by atoms with E-state index in [0.717, 1.165) is 12.1 Å². The van der Waals surface area contributed by atoms with Crippen molar-refractivity contribution < 1.29 is 21.6 Å². The second kappa shape index (κ2) is 5.98. The topological polar surface area (TPSA) is 46.2 Å². The number of halogens is 5. The zero-order valence-corrected chi connectivity index (χ0v) is 13.0. The van der Waals surface area contributed by atoms with Crippen LogP contribution in [0.5, 0.6) is 0 Å². The van der Waals surface area contributed by atoms with Crippen LogP contribution in [0.3, 0.4) is 0 Å². The number of hydrogen-bond donors (Lipinski definition) is 1. The maximum absolute atomic E-state index is 12.5. The third-order valence-corrected chi connectivity index (χ3v) is 4.56. The van der Waals surface area contributed by atoms with Crippen molar-refractivity contribution in [2.45, 2.75) is 11.1 Å². The SMILES string of the molecule is O=S(=O)(Nc1ccc(C(F)(F)F)cc1Cl)c1cccc(Cl)c1. The predicted molar refractivity (Wildman–Crippen MR) is 78.7 cm³/mol. The van der Waals surface area contributed by atoms with Crippen molar-refractivity contribution >= 4 is 38.9 Å². The Labute approximate surface area is 134 Å². The molecule has 0 saturated heterocycles. The third-order valence-electron chi connectivity index (χ3n) is 2.65. The fourth-order valence-corrected chi connectivity index (χ4v) is 3.28. The van der Waals surface area contributed by atoms with Gasteiger partial charge in [-0.1, -0.05) is 29.3 Å². The van der Waals surface area contributed by atoms with E-state index in [-0.39, 0.29) is 20.6 Å². The molecule has 0 aliphatic rings. The first-order valence-electron chi connectivity index (χ1n) is 5.75. The van der Waals surface area contributed by atoms with Crippen molar-refractivity contribution in [1.29, 1.82) is 0 Å². The quantitative estimate of drug-likeness (QED) is 0.843. The minimum Gasteiger partial charge on any atom is -0.278 e. The van der Waals surface area contributed by atoms with E-state index in [1.807, 2.05) is 0 Å². The van der Waals surface area contributed by atoms with Crippen molar-refractivity contribution in [3.05, 3.63) is 58.1 Å². The fourth-order valence-electron chi connectivity index (χ4n) is 1.61. The van der Waals surface area contributed by atoms with E-state index in [0.29, 0.717) is 6.07 Å². The Kier molecular flexibility index (Phi) is 4.60. The molecule has 2 aromatic carbocycles. The molecule has 0 amide bonds. The largest absolute Gasteiger partial charge is 0.416 e. The van der Waals surface area contributed by atoms with Crippen LogP contribution in [0.4, 0.5) is 18.9 Å². The summed E-state index contributed by atoms with van der Waals surface area (Å²) in [6, 6.07) is 7.78. The van der Waals surface area contributed by atoms with Crippen LogP contribution in [0.1, 0.15) is 5.56 Å². The Balaban J connectivity index is 2.35. The second-order valence-corrected chi connectivity index (χ2v) is 6.78. The molecule has 0 bridgehead atoms. The summed E-state index contributed by atoms with van der Waals surface area (Å²) >= 11 is 11.4. The minimum absolute atomic E-state index is 0.129. The van der Waals surface area contributed by atoms with E-state index in [2.05, 4.69) is 4.72 Å². The fraction of sp³-hybridized carbons (Fsp3) is 0.0769. The third kappa shape index (κ3) is 3.85. The van der Waals surface area contributed by atoms with Crippen LogP contribution in [-0.4, -0.2) is 8.42 Å². The first-order valence-corrected chi connectivity index (χ1v) is 7.98. The summed E-state index contributed by atoms with van der Waals surface area (Å²) in [6.45, 7) is 0. The summed E-state index contributed by atoms with van der Waals surface area (Å²) in [4.78, 5) is -0.129. The number of sulfonamides is 1. The van der Waals surface area contributed by atoms with Gasteiger partial charge in [-0.3, -0.25) is 4.72 Å². The second-order valence-electron chi connectivity index (χ2n) is 4.26. The predicted octanol–water partition coefficient (Wildman–Crippen LogP) is 4.81. The number of hydrogen-bond acceptors (Lipinski definition) is 2. The van der Waals surface area contributed by atoms with Gasteiger partial charge in [-0.25, -0.2) is 8.42 Å². The molecule has 0 fully saturated rings. The molecule has 0 aliphatic heterocycles. The molecule has 0 spiro atoms. The normalized spacial score (nSPS) is 12.2. The highest BCUT2D eigenvalue weighted by Gasteiger charge is 2.31. The molecule has 0 atom stereocenters. The standard InChI is InChI=1S/C13H8Cl2F3NO2S/c14-9-2-1-3-10(7-9)22(20,21)19-12-5-4-8(6-11(12)15)13(16,17)18/h1-7,19H. The molecule has 2 aromatic rings. The Bertz CT molecular complexity index is 807. The molecule has 0 aliphatic carbocycles. The van der Waals surface area contributed by atoms with Crippen LogP contribution < -0.4 is 4.72 Å². The first kappa shape index (κ1) is 16.9. The maximum atomic E-state index is 12.5. The number of alkyl halides is 3. The van der Waals surface area contributed by atoms with E-state index >= 15 is 0 Å². The summed E-state index contributed by atoms with van der Waals surface area (Å²) in [5.74, 6) is 0. The molecule has 0 radical (unpaired) electrons. The summed E-state index contributed by atoms with van der Waals surface area (Å²) in [5, 5.41) is -0.151. The van der Waals surface area contributed by atoms with Gasteiger partial charge < -0.3 is 0 Å². The van der Waals surface area contributed by atoms with Crippen LogP contribution in [0.25, 0.3) is 0 Å². The molecule has 0 saturated carbocycles. The van der Waals surface area contributed by atoms with Gasteiger partial charge in [-0.15, -0.1) is 0 Å². The van der Waals surface area contributed by atoms with Crippen LogP contribution in [0.15, 0.2) is 47.4 Å². The number of rotatable bonds is 3. The number of benzene rings is 2. The summed E-state index contributed by atoms with van der Waals surface area (Å²) in [5.41, 5.74) is -1.13. The zero-order chi connectivity index (χ0) is 16.5. The lowest BCUT2D eigenvalue weighted by atomic mass is 10.2. The molecule has 2 rings (SSSR count). The first-order chi connectivity index (χ1) is 10.1. The summed E-state index contributed by atoms with van der Waals surface area (Å²) < 4.78 is 64.0. The van der Waals surface area contributed by atoms with Crippen molar-refractivity contribution in [1.82, 2.24) is 0 Å². The average Bonchev–Trinajstić information content (AvgIpc) is 2.40. The molecular formula is C13H8Cl2F3NO2S. The average molecular weight is 370 g/mol. The molecule has 0 aromatic heterocycles. The van der Waals surface area contributed by atoms with Gasteiger partial charge in [0.05, 0.1) is 21.2 Å². The summed E-state index contributed by atoms with van der Waals surface area (Å²) in [7, 11) is -4.01. The van der Waals surface area contributed by atoms with Crippen molar-refractivity contribution in [3.63, 3.8) is 0 Å². The van der Waals surface area contributed by atoms with E-state index in [1.165, 1.54) is 24.3 Å². The van der Waals surface area contributed by atoms with Gasteiger partial charge in [0.15, 0.2) is 0 Å². The van der Waals surface area contributed by atoms with Crippen LogP contribution in [0, 0.1) is 0 Å². The molecule has 0 unspecified atom stereocenters. The van der Waals surface area contributed by atoms with E-state index in [4.69, 9.17) is 23.2 Å². The van der Waals surface area contributed by atoms with E-state index in [9.17, 15) is 21.6 Å². The highest BCUT2D eigenvalue weighted by molar-refractivity contribution is 7.92. The molecule has 22 heavy (non-hydrogen) atoms. The van der Waals surface area contributed by atoms with Gasteiger partial charge in [0, 0.05) is 5.02 Å². The van der Waals surface area contributed by atoms with Crippen LogP contribution >= 0.6 is 23.2 Å². The van der Waals surface area contributed by atoms with Crippen LogP contribution in [-0.2, 0) is 16.2 Å². The Morgan fingerprint density at radius 3 is 2.23 bits per heavy atom. The van der Waals surface area contributed by atoms with Crippen molar-refractivity contribution in [2.75, 3.05) is 4.72 Å². The zero-order valence-electron chi connectivity index (χ0n) is 10.7. The lowest BCUT2D eigenvalue weighted by Crippen LogP contribution is -2.14. The number of nitrogens with one attached hydrogen (secondary N) is 1. The maximum Gasteiger partial charge on any atom is 0.416 e. The van der Waals surface area contributed by atoms with E-state index < -0.39 is 21.8 Å². The van der Waals surface area contributed by atoms with Gasteiger partial charge in [0.25, 0.3) is 10.0 Å². The van der Waals surface area contributed by atoms with Gasteiger partial charge in [-0.05, 0) is 36.4 Å². The van der Waals surface area contributed by atoms with E-state index in [1.54, 1.807) is 0 Å². The smallest absolute Gasteiger partial charge is 0.278 e. The van der Waals surface area contributed by atoms with Crippen LogP contribution in [0.2, 0.25) is 10.0 Å². The Hall–Kier alpha value is -1.44. The summed E-state index contributed by atoms with van der Waals surface area (Å²) in [6.07, 6.45) is -4.56. The van der Waals surface area contributed by atoms with Crippen molar-refractivity contribution in [2.24, 2.45) is 0 Å². The molecular weight excluding hydrogens is 362 g/mol. The Morgan fingerprint density at radius 1 is 1.00 bits per heavy atom. The molecule has 3 nitrogen and oxygen atoms in total. The lowest BCUT2D eigenvalue weighted by Gasteiger charge is -2.12. The van der Waals surface area contributed by atoms with Gasteiger partial charge in [0.2, 0.25) is 0 Å². The van der Waals surface area contributed by atoms with Gasteiger partial charge in [-0.2, -0.15) is 13.2 Å².